The molecule has 0 heterocycles. The summed E-state index contributed by atoms with van der Waals surface area (Å²) in [7, 11) is -4.08. The summed E-state index contributed by atoms with van der Waals surface area (Å²) in [5.41, 5.74) is 1.37. The molecule has 0 atom stereocenters. The second kappa shape index (κ2) is 9.00. The van der Waals surface area contributed by atoms with Crippen molar-refractivity contribution in [1.29, 1.82) is 0 Å². The van der Waals surface area contributed by atoms with Crippen molar-refractivity contribution in [2.45, 2.75) is 84.7 Å². The van der Waals surface area contributed by atoms with Crippen LogP contribution in [-0.2, 0) is 8.85 Å². The van der Waals surface area contributed by atoms with Gasteiger partial charge < -0.3 is 8.85 Å². The van der Waals surface area contributed by atoms with Gasteiger partial charge in [-0.05, 0) is 55.3 Å². The van der Waals surface area contributed by atoms with Gasteiger partial charge in [0.15, 0.2) is 5.70 Å². The molecule has 0 saturated carbocycles. The maximum atomic E-state index is 6.51. The summed E-state index contributed by atoms with van der Waals surface area (Å²) in [6, 6.07) is 9.68. The lowest BCUT2D eigenvalue weighted by Crippen LogP contribution is -2.41. The molecule has 6 heteroatoms. The molecule has 0 fully saturated rings. The van der Waals surface area contributed by atoms with Crippen LogP contribution in [-0.4, -0.2) is 16.6 Å². The predicted molar refractivity (Wildman–Crippen MR) is 129 cm³/mol. The van der Waals surface area contributed by atoms with Crippen molar-refractivity contribution in [2.75, 3.05) is 0 Å². The second-order valence-electron chi connectivity index (χ2n) is 10.6. The van der Waals surface area contributed by atoms with Gasteiger partial charge in [0.05, 0.1) is 5.69 Å². The third-order valence-electron chi connectivity index (χ3n) is 6.02. The lowest BCUT2D eigenvalue weighted by molar-refractivity contribution is 0.359. The van der Waals surface area contributed by atoms with Gasteiger partial charge >= 0.3 is 0 Å². The van der Waals surface area contributed by atoms with E-state index in [4.69, 9.17) is 8.85 Å². The zero-order valence-electron chi connectivity index (χ0n) is 20.3. The van der Waals surface area contributed by atoms with Crippen molar-refractivity contribution in [3.8, 4) is 0 Å². The van der Waals surface area contributed by atoms with Gasteiger partial charge in [0.25, 0.3) is 8.32 Å². The smallest absolute Gasteiger partial charge is 0.250 e. The van der Waals surface area contributed by atoms with Crippen molar-refractivity contribution < 1.29 is 8.85 Å². The van der Waals surface area contributed by atoms with Crippen LogP contribution < -0.4 is 0 Å². The molecule has 0 unspecified atom stereocenters. The van der Waals surface area contributed by atoms with Crippen LogP contribution in [0.3, 0.4) is 0 Å². The van der Waals surface area contributed by atoms with Crippen LogP contribution in [0.15, 0.2) is 64.4 Å². The lowest BCUT2D eigenvalue weighted by Gasteiger charge is -2.38. The van der Waals surface area contributed by atoms with E-state index in [1.807, 2.05) is 37.3 Å². The molecule has 1 rings (SSSR count). The van der Waals surface area contributed by atoms with Crippen LogP contribution in [0.5, 0.6) is 0 Å². The zero-order valence-corrected chi connectivity index (χ0v) is 22.3. The molecule has 0 aliphatic rings. The van der Waals surface area contributed by atoms with E-state index in [9.17, 15) is 0 Å². The summed E-state index contributed by atoms with van der Waals surface area (Å²) < 4.78 is 13.0. The molecule has 0 aromatic heterocycles. The van der Waals surface area contributed by atoms with E-state index in [1.165, 1.54) is 0 Å². The molecule has 0 N–H and O–H groups in total. The molecule has 0 amide bonds. The number of benzene rings is 1. The third kappa shape index (κ3) is 6.96. The number of hydrogen-bond donors (Lipinski definition) is 0. The number of allylic oxidation sites excluding steroid dienone is 1. The minimum Gasteiger partial charge on any atom is -0.545 e. The maximum absolute atomic E-state index is 6.51. The molecular weight excluding hydrogens is 392 g/mol. The van der Waals surface area contributed by atoms with E-state index < -0.39 is 16.6 Å². The summed E-state index contributed by atoms with van der Waals surface area (Å²) in [5, 5.41) is 9.08. The van der Waals surface area contributed by atoms with E-state index in [0.29, 0.717) is 11.5 Å². The van der Waals surface area contributed by atoms with E-state index in [2.05, 4.69) is 84.5 Å². The molecule has 29 heavy (non-hydrogen) atoms. The lowest BCUT2D eigenvalue weighted by atomic mass is 10.2. The van der Waals surface area contributed by atoms with E-state index in [-0.39, 0.29) is 10.1 Å². The fourth-order valence-corrected chi connectivity index (χ4v) is 4.21. The Hall–Kier alpha value is -1.67. The van der Waals surface area contributed by atoms with Crippen LogP contribution in [0, 0.1) is 0 Å². The highest BCUT2D eigenvalue weighted by Gasteiger charge is 2.41. The average Bonchev–Trinajstić information content (AvgIpc) is 2.52. The Bertz CT molecular complexity index is 768. The Morgan fingerprint density at radius 3 is 1.72 bits per heavy atom. The largest absolute Gasteiger partial charge is 0.545 e. The molecule has 1 aromatic rings. The second-order valence-corrected chi connectivity index (χ2v) is 20.0. The van der Waals surface area contributed by atoms with Crippen LogP contribution in [0.25, 0.3) is 0 Å². The monoisotopic (exact) mass is 432 g/mol. The van der Waals surface area contributed by atoms with Gasteiger partial charge in [0.2, 0.25) is 8.32 Å². The first-order valence-electron chi connectivity index (χ1n) is 10.2. The molecule has 0 aliphatic carbocycles. The minimum atomic E-state index is -2.06. The Kier molecular flexibility index (Phi) is 7.87. The number of rotatable bonds is 7. The first kappa shape index (κ1) is 25.4. The maximum Gasteiger partial charge on any atom is 0.250 e. The fraction of sp³-hybridized carbons (Fsp3) is 0.565. The number of nitrogens with zero attached hydrogens (tertiary/aromatic N) is 2. The van der Waals surface area contributed by atoms with Crippen LogP contribution in [0.4, 0.5) is 5.69 Å². The van der Waals surface area contributed by atoms with Crippen molar-refractivity contribution in [1.82, 2.24) is 0 Å². The molecule has 1 aromatic carbocycles. The van der Waals surface area contributed by atoms with Gasteiger partial charge in [-0.3, -0.25) is 0 Å². The van der Waals surface area contributed by atoms with E-state index >= 15 is 0 Å². The molecule has 0 spiro atoms. The zero-order chi connectivity index (χ0) is 22.7. The topological polar surface area (TPSA) is 43.2 Å². The molecule has 0 radical (unpaired) electrons. The van der Waals surface area contributed by atoms with E-state index in [0.717, 1.165) is 11.4 Å². The summed E-state index contributed by atoms with van der Waals surface area (Å²) >= 11 is 0. The molecule has 0 bridgehead atoms. The Balaban J connectivity index is 3.34. The number of azo groups is 1. The molecule has 4 nitrogen and oxygen atoms in total. The van der Waals surface area contributed by atoms with Gasteiger partial charge in [0.1, 0.15) is 11.5 Å². The highest BCUT2D eigenvalue weighted by Crippen LogP contribution is 2.41. The van der Waals surface area contributed by atoms with Gasteiger partial charge in [-0.15, -0.1) is 5.11 Å². The summed E-state index contributed by atoms with van der Waals surface area (Å²) in [4.78, 5) is 0. The Morgan fingerprint density at radius 2 is 1.28 bits per heavy atom. The SMILES string of the molecule is C=C(O[Si](C)(C)C(C)(C)C)/C(N=Nc1ccccc1)=C(/C)O[Si](C)(C)C(C)(C)C. The van der Waals surface area contributed by atoms with Crippen LogP contribution in [0.1, 0.15) is 48.5 Å². The van der Waals surface area contributed by atoms with Gasteiger partial charge in [0, 0.05) is 0 Å². The van der Waals surface area contributed by atoms with Gasteiger partial charge in [-0.2, -0.15) is 5.11 Å². The molecule has 162 valence electrons. The minimum absolute atomic E-state index is 0.0613. The van der Waals surface area contributed by atoms with Crippen molar-refractivity contribution >= 4 is 22.3 Å². The van der Waals surface area contributed by atoms with Crippen LogP contribution in [0.2, 0.25) is 36.3 Å². The first-order chi connectivity index (χ1) is 13.0. The Labute approximate surface area is 180 Å². The van der Waals surface area contributed by atoms with Crippen molar-refractivity contribution in [3.05, 3.63) is 54.1 Å². The first-order valence-corrected chi connectivity index (χ1v) is 16.0. The summed E-state index contributed by atoms with van der Waals surface area (Å²) in [6.07, 6.45) is 0. The number of hydrogen-bond acceptors (Lipinski definition) is 4. The quantitative estimate of drug-likeness (QED) is 0.187. The highest BCUT2D eigenvalue weighted by atomic mass is 28.4. The Morgan fingerprint density at radius 1 is 0.828 bits per heavy atom. The predicted octanol–water partition coefficient (Wildman–Crippen LogP) is 8.56. The van der Waals surface area contributed by atoms with Gasteiger partial charge in [-0.1, -0.05) is 66.3 Å². The summed E-state index contributed by atoms with van der Waals surface area (Å²) in [5.74, 6) is 1.26. The standard InChI is InChI=1S/C23H40N2O2Si2/c1-18(26-28(9,10)22(3,4)5)21(25-24-20-16-14-13-15-17-20)19(2)27-29(11,12)23(6,7)8/h13-17H,1H2,2-12H3/b21-19+,25-24?. The van der Waals surface area contributed by atoms with Gasteiger partial charge in [-0.25, -0.2) is 0 Å². The van der Waals surface area contributed by atoms with E-state index in [1.54, 1.807) is 0 Å². The fourth-order valence-electron chi connectivity index (χ4n) is 2.02. The summed E-state index contributed by atoms with van der Waals surface area (Å²) in [6.45, 7) is 28.3. The van der Waals surface area contributed by atoms with Crippen molar-refractivity contribution in [2.24, 2.45) is 10.2 Å². The van der Waals surface area contributed by atoms with Crippen molar-refractivity contribution in [3.63, 3.8) is 0 Å². The average molecular weight is 433 g/mol. The van der Waals surface area contributed by atoms with Crippen LogP contribution >= 0.6 is 0 Å². The molecular formula is C23H40N2O2Si2. The molecule has 0 aliphatic heterocycles. The molecule has 0 saturated heterocycles. The highest BCUT2D eigenvalue weighted by molar-refractivity contribution is 6.74. The third-order valence-corrected chi connectivity index (χ3v) is 14.8. The normalized spacial score (nSPS) is 14.6.